The first-order chi connectivity index (χ1) is 6.57. The molecule has 0 atom stereocenters. The molecule has 5 heteroatoms. The highest BCUT2D eigenvalue weighted by Gasteiger charge is 2.47. The van der Waals surface area contributed by atoms with Gasteiger partial charge in [0.05, 0.1) is 6.42 Å². The predicted molar refractivity (Wildman–Crippen MR) is 47.8 cm³/mol. The molecule has 0 aliphatic carbocycles. The molecule has 0 saturated carbocycles. The molecule has 0 spiro atoms. The first-order valence-corrected chi connectivity index (χ1v) is 4.26. The van der Waals surface area contributed by atoms with Crippen molar-refractivity contribution in [1.82, 2.24) is 0 Å². The summed E-state index contributed by atoms with van der Waals surface area (Å²) in [5, 5.41) is 0. The van der Waals surface area contributed by atoms with E-state index < -0.39 is 30.0 Å². The molecule has 0 aromatic carbocycles. The van der Waals surface area contributed by atoms with Crippen LogP contribution in [0.2, 0.25) is 0 Å². The molecule has 0 unspecified atom stereocenters. The summed E-state index contributed by atoms with van der Waals surface area (Å²) in [5.41, 5.74) is -0.444. The normalized spacial score (nSPS) is 12.3. The van der Waals surface area contributed by atoms with Crippen molar-refractivity contribution < 1.29 is 22.4 Å². The fourth-order valence-corrected chi connectivity index (χ4v) is 0.629. The maximum Gasteiger partial charge on any atom is 0.365 e. The lowest BCUT2D eigenvalue weighted by atomic mass is 9.97. The summed E-state index contributed by atoms with van der Waals surface area (Å²) in [4.78, 5) is 10.7. The van der Waals surface area contributed by atoms with E-state index in [0.717, 1.165) is 0 Å². The van der Waals surface area contributed by atoms with Gasteiger partial charge in [-0.3, -0.25) is 4.79 Å². The topological polar surface area (TPSA) is 17.1 Å². The Morgan fingerprint density at radius 1 is 1.27 bits per heavy atom. The van der Waals surface area contributed by atoms with Gasteiger partial charge >= 0.3 is 12.3 Å². The Labute approximate surface area is 85.8 Å². The number of alkyl halides is 4. The zero-order valence-electron chi connectivity index (χ0n) is 8.70. The van der Waals surface area contributed by atoms with Gasteiger partial charge in [-0.2, -0.15) is 8.78 Å². The van der Waals surface area contributed by atoms with Crippen molar-refractivity contribution in [1.29, 1.82) is 0 Å². The smallest absolute Gasteiger partial charge is 0.292 e. The van der Waals surface area contributed by atoms with Crippen LogP contribution in [0, 0.1) is 17.3 Å². The number of ketones is 1. The third-order valence-electron chi connectivity index (χ3n) is 1.36. The van der Waals surface area contributed by atoms with Gasteiger partial charge in [0.15, 0.2) is 0 Å². The van der Waals surface area contributed by atoms with Crippen LogP contribution in [0.3, 0.4) is 0 Å². The van der Waals surface area contributed by atoms with E-state index in [1.165, 1.54) is 0 Å². The van der Waals surface area contributed by atoms with Crippen LogP contribution >= 0.6 is 0 Å². The van der Waals surface area contributed by atoms with Crippen LogP contribution < -0.4 is 0 Å². The average molecular weight is 224 g/mol. The second-order valence-electron chi connectivity index (χ2n) is 4.08. The van der Waals surface area contributed by atoms with Crippen molar-refractivity contribution in [3.05, 3.63) is 0 Å². The van der Waals surface area contributed by atoms with Gasteiger partial charge in [-0.15, -0.1) is 0 Å². The Balaban J connectivity index is 4.45. The molecule has 0 heterocycles. The molecule has 0 aromatic rings. The predicted octanol–water partition coefficient (Wildman–Crippen LogP) is 2.90. The van der Waals surface area contributed by atoms with Crippen molar-refractivity contribution in [2.24, 2.45) is 5.41 Å². The van der Waals surface area contributed by atoms with Gasteiger partial charge in [0.2, 0.25) is 5.78 Å². The average Bonchev–Trinajstić information content (AvgIpc) is 2.01. The molecule has 0 bridgehead atoms. The molecule has 0 radical (unpaired) electrons. The number of carbonyl (C=O) groups is 1. The Morgan fingerprint density at radius 2 is 1.73 bits per heavy atom. The standard InChI is InChI=1S/C10H12F4O/c1-9(2,3)6-4-5-7(15)10(13,14)8(11)12/h8H,5H2,1-3H3. The summed E-state index contributed by atoms with van der Waals surface area (Å²) in [6.07, 6.45) is -4.82. The number of carbonyl (C=O) groups excluding carboxylic acids is 1. The lowest BCUT2D eigenvalue weighted by Gasteiger charge is -2.12. The summed E-state index contributed by atoms with van der Waals surface area (Å²) in [5.74, 6) is -1.74. The highest BCUT2D eigenvalue weighted by Crippen LogP contribution is 2.24. The van der Waals surface area contributed by atoms with Crippen LogP contribution in [0.5, 0.6) is 0 Å². The molecule has 0 saturated heterocycles. The Morgan fingerprint density at radius 3 is 2.07 bits per heavy atom. The Kier molecular flexibility index (Phi) is 4.32. The third-order valence-corrected chi connectivity index (χ3v) is 1.36. The zero-order valence-corrected chi connectivity index (χ0v) is 8.70. The van der Waals surface area contributed by atoms with Crippen LogP contribution in [0.25, 0.3) is 0 Å². The van der Waals surface area contributed by atoms with Crippen LogP contribution in [0.4, 0.5) is 17.6 Å². The lowest BCUT2D eigenvalue weighted by Crippen LogP contribution is -2.36. The van der Waals surface area contributed by atoms with Crippen LogP contribution in [-0.2, 0) is 4.79 Å². The molecule has 0 aromatic heterocycles. The number of hydrogen-bond acceptors (Lipinski definition) is 1. The van der Waals surface area contributed by atoms with Crippen molar-refractivity contribution in [3.8, 4) is 11.8 Å². The van der Waals surface area contributed by atoms with Gasteiger partial charge in [0.1, 0.15) is 0 Å². The van der Waals surface area contributed by atoms with Crippen LogP contribution in [0.1, 0.15) is 27.2 Å². The van der Waals surface area contributed by atoms with Gasteiger partial charge in [-0.1, -0.05) is 11.8 Å². The van der Waals surface area contributed by atoms with Crippen LogP contribution in [-0.4, -0.2) is 18.1 Å². The second-order valence-corrected chi connectivity index (χ2v) is 4.08. The van der Waals surface area contributed by atoms with Gasteiger partial charge in [0, 0.05) is 5.41 Å². The molecule has 15 heavy (non-hydrogen) atoms. The van der Waals surface area contributed by atoms with E-state index in [4.69, 9.17) is 0 Å². The molecule has 86 valence electrons. The summed E-state index contributed by atoms with van der Waals surface area (Å²) in [7, 11) is 0. The zero-order chi connectivity index (χ0) is 12.3. The van der Waals surface area contributed by atoms with E-state index in [2.05, 4.69) is 11.8 Å². The monoisotopic (exact) mass is 224 g/mol. The number of rotatable bonds is 3. The van der Waals surface area contributed by atoms with E-state index in [1.807, 2.05) is 0 Å². The quantitative estimate of drug-likeness (QED) is 0.532. The van der Waals surface area contributed by atoms with Gasteiger partial charge in [-0.05, 0) is 20.8 Å². The van der Waals surface area contributed by atoms with E-state index in [1.54, 1.807) is 20.8 Å². The number of Topliss-reactive ketones (excluding diaryl/α,β-unsaturated/α-hetero) is 1. The van der Waals surface area contributed by atoms with E-state index in [-0.39, 0.29) is 0 Å². The molecule has 0 rings (SSSR count). The van der Waals surface area contributed by atoms with E-state index >= 15 is 0 Å². The molecule has 0 aliphatic heterocycles. The molecule has 1 nitrogen and oxygen atoms in total. The molecule has 0 aliphatic rings. The minimum Gasteiger partial charge on any atom is -0.292 e. The largest absolute Gasteiger partial charge is 0.365 e. The fraction of sp³-hybridized carbons (Fsp3) is 0.700. The summed E-state index contributed by atoms with van der Waals surface area (Å²) >= 11 is 0. The van der Waals surface area contributed by atoms with E-state index in [0.29, 0.717) is 0 Å². The molecular formula is C10H12F4O. The molecular weight excluding hydrogens is 212 g/mol. The summed E-state index contributed by atoms with van der Waals surface area (Å²) in [6, 6.07) is 0. The highest BCUT2D eigenvalue weighted by atomic mass is 19.3. The minimum absolute atomic E-state index is 0.444. The number of hydrogen-bond donors (Lipinski definition) is 0. The maximum atomic E-state index is 12.4. The second kappa shape index (κ2) is 4.65. The Hall–Kier alpha value is -1.05. The van der Waals surface area contributed by atoms with Gasteiger partial charge in [-0.25, -0.2) is 8.78 Å². The Bertz CT molecular complexity index is 291. The van der Waals surface area contributed by atoms with E-state index in [9.17, 15) is 22.4 Å². The van der Waals surface area contributed by atoms with Crippen molar-refractivity contribution >= 4 is 5.78 Å². The lowest BCUT2D eigenvalue weighted by molar-refractivity contribution is -0.165. The summed E-state index contributed by atoms with van der Waals surface area (Å²) < 4.78 is 48.2. The van der Waals surface area contributed by atoms with Crippen molar-refractivity contribution in [2.75, 3.05) is 0 Å². The summed E-state index contributed by atoms with van der Waals surface area (Å²) in [6.45, 7) is 5.15. The third kappa shape index (κ3) is 4.82. The van der Waals surface area contributed by atoms with Crippen molar-refractivity contribution in [3.63, 3.8) is 0 Å². The number of halogens is 4. The van der Waals surface area contributed by atoms with Gasteiger partial charge < -0.3 is 0 Å². The SMILES string of the molecule is CC(C)(C)C#CCC(=O)C(F)(F)C(F)F. The first kappa shape index (κ1) is 13.9. The first-order valence-electron chi connectivity index (χ1n) is 4.26. The fourth-order valence-electron chi connectivity index (χ4n) is 0.629. The van der Waals surface area contributed by atoms with Crippen molar-refractivity contribution in [2.45, 2.75) is 39.5 Å². The highest BCUT2D eigenvalue weighted by molar-refractivity contribution is 5.88. The maximum absolute atomic E-state index is 12.4. The van der Waals surface area contributed by atoms with Crippen LogP contribution in [0.15, 0.2) is 0 Å². The molecule has 0 fully saturated rings. The molecule has 0 N–H and O–H groups in total. The minimum atomic E-state index is -4.59. The molecule has 0 amide bonds. The van der Waals surface area contributed by atoms with Gasteiger partial charge in [0.25, 0.3) is 0 Å².